The van der Waals surface area contributed by atoms with Crippen LogP contribution >= 0.6 is 0 Å². The Morgan fingerprint density at radius 1 is 1.09 bits per heavy atom. The summed E-state index contributed by atoms with van der Waals surface area (Å²) < 4.78 is 11.3. The maximum absolute atomic E-state index is 10.2. The van der Waals surface area contributed by atoms with E-state index in [1.165, 1.54) is 0 Å². The fourth-order valence-electron chi connectivity index (χ4n) is 2.79. The van der Waals surface area contributed by atoms with Gasteiger partial charge in [0.05, 0.1) is 12.3 Å². The largest absolute Gasteiger partial charge is 0.467 e. The zero-order chi connectivity index (χ0) is 16.4. The summed E-state index contributed by atoms with van der Waals surface area (Å²) in [5.41, 5.74) is 0.821. The number of para-hydroxylation sites is 1. The number of rotatable bonds is 5. The Balaban J connectivity index is 1.80. The molecule has 0 unspecified atom stereocenters. The number of hydrogen-bond donors (Lipinski definition) is 2. The third kappa shape index (κ3) is 3.49. The van der Waals surface area contributed by atoms with Crippen LogP contribution in [0.25, 0.3) is 11.0 Å². The summed E-state index contributed by atoms with van der Waals surface area (Å²) in [4.78, 5) is 0. The van der Waals surface area contributed by atoms with Crippen molar-refractivity contribution in [1.82, 2.24) is 5.32 Å². The van der Waals surface area contributed by atoms with Crippen LogP contribution in [0.1, 0.15) is 44.4 Å². The van der Waals surface area contributed by atoms with Crippen molar-refractivity contribution in [3.63, 3.8) is 0 Å². The van der Waals surface area contributed by atoms with E-state index in [1.54, 1.807) is 18.4 Å². The second-order valence-electron chi connectivity index (χ2n) is 6.93. The summed E-state index contributed by atoms with van der Waals surface area (Å²) in [6.07, 6.45) is 0.887. The Labute approximate surface area is 136 Å². The molecule has 3 rings (SSSR count). The van der Waals surface area contributed by atoms with Gasteiger partial charge in [-0.25, -0.2) is 0 Å². The lowest BCUT2D eigenvalue weighted by Crippen LogP contribution is -2.34. The normalized spacial score (nSPS) is 15.0. The van der Waals surface area contributed by atoms with Crippen molar-refractivity contribution in [3.8, 4) is 0 Å². The lowest BCUT2D eigenvalue weighted by molar-refractivity contribution is 0.128. The third-order valence-corrected chi connectivity index (χ3v) is 3.98. The first kappa shape index (κ1) is 15.8. The lowest BCUT2D eigenvalue weighted by Gasteiger charge is -2.30. The molecule has 1 aromatic carbocycles. The molecule has 3 aromatic rings. The van der Waals surface area contributed by atoms with Crippen LogP contribution in [0.5, 0.6) is 0 Å². The van der Waals surface area contributed by atoms with E-state index < -0.39 is 6.10 Å². The molecule has 122 valence electrons. The fraction of sp³-hybridized carbons (Fsp3) is 0.368. The first-order chi connectivity index (χ1) is 10.9. The lowest BCUT2D eigenvalue weighted by atomic mass is 9.85. The highest BCUT2D eigenvalue weighted by molar-refractivity contribution is 5.77. The molecule has 23 heavy (non-hydrogen) atoms. The van der Waals surface area contributed by atoms with E-state index in [1.807, 2.05) is 24.3 Å². The van der Waals surface area contributed by atoms with E-state index in [4.69, 9.17) is 8.83 Å². The monoisotopic (exact) mass is 313 g/mol. The number of aliphatic hydroxyl groups excluding tert-OH is 1. The standard InChI is InChI=1S/C19H23NO3/c1-19(2,3)18(20-12-14(21)16-9-6-10-22-16)17-11-13-7-4-5-8-15(13)23-17/h4-11,14,18,20-21H,12H2,1-3H3/t14-,18+/m0/s1. The number of benzene rings is 1. The highest BCUT2D eigenvalue weighted by atomic mass is 16.4. The molecule has 0 aliphatic heterocycles. The van der Waals surface area contributed by atoms with Crippen molar-refractivity contribution in [2.75, 3.05) is 6.54 Å². The summed E-state index contributed by atoms with van der Waals surface area (Å²) in [6, 6.07) is 13.6. The molecule has 0 amide bonds. The summed E-state index contributed by atoms with van der Waals surface area (Å²) in [6.45, 7) is 6.85. The smallest absolute Gasteiger partial charge is 0.134 e. The molecule has 0 saturated carbocycles. The highest BCUT2D eigenvalue weighted by Crippen LogP contribution is 2.36. The van der Waals surface area contributed by atoms with Gasteiger partial charge in [0.15, 0.2) is 0 Å². The van der Waals surface area contributed by atoms with Crippen LogP contribution in [0.15, 0.2) is 57.6 Å². The van der Waals surface area contributed by atoms with E-state index >= 15 is 0 Å². The van der Waals surface area contributed by atoms with Gasteiger partial charge in [-0.05, 0) is 29.7 Å². The molecule has 2 atom stereocenters. The second-order valence-corrected chi connectivity index (χ2v) is 6.93. The number of hydrogen-bond acceptors (Lipinski definition) is 4. The van der Waals surface area contributed by atoms with Gasteiger partial charge >= 0.3 is 0 Å². The van der Waals surface area contributed by atoms with Crippen molar-refractivity contribution in [2.24, 2.45) is 5.41 Å². The van der Waals surface area contributed by atoms with Gasteiger partial charge in [-0.2, -0.15) is 0 Å². The molecule has 2 aromatic heterocycles. The number of nitrogens with one attached hydrogen (secondary N) is 1. The van der Waals surface area contributed by atoms with Gasteiger partial charge in [-0.3, -0.25) is 0 Å². The Morgan fingerprint density at radius 3 is 2.52 bits per heavy atom. The van der Waals surface area contributed by atoms with E-state index in [2.05, 4.69) is 32.2 Å². The van der Waals surface area contributed by atoms with E-state index in [9.17, 15) is 5.11 Å². The van der Waals surface area contributed by atoms with Crippen molar-refractivity contribution in [1.29, 1.82) is 0 Å². The van der Waals surface area contributed by atoms with E-state index in [0.29, 0.717) is 12.3 Å². The average molecular weight is 313 g/mol. The first-order valence-electron chi connectivity index (χ1n) is 7.88. The molecule has 0 radical (unpaired) electrons. The van der Waals surface area contributed by atoms with Crippen LogP contribution in [0, 0.1) is 5.41 Å². The third-order valence-electron chi connectivity index (χ3n) is 3.98. The van der Waals surface area contributed by atoms with E-state index in [0.717, 1.165) is 16.7 Å². The van der Waals surface area contributed by atoms with Crippen LogP contribution < -0.4 is 5.32 Å². The summed E-state index contributed by atoms with van der Waals surface area (Å²) in [5, 5.41) is 14.7. The Morgan fingerprint density at radius 2 is 1.87 bits per heavy atom. The van der Waals surface area contributed by atoms with Gasteiger partial charge in [0.2, 0.25) is 0 Å². The molecule has 2 N–H and O–H groups in total. The molecule has 0 aliphatic carbocycles. The molecular weight excluding hydrogens is 290 g/mol. The second kappa shape index (κ2) is 6.22. The van der Waals surface area contributed by atoms with Crippen molar-refractivity contribution < 1.29 is 13.9 Å². The quantitative estimate of drug-likeness (QED) is 0.731. The fourth-order valence-corrected chi connectivity index (χ4v) is 2.79. The van der Waals surface area contributed by atoms with Gasteiger partial charge in [-0.15, -0.1) is 0 Å². The maximum atomic E-state index is 10.2. The molecule has 0 bridgehead atoms. The minimum atomic E-state index is -0.681. The van der Waals surface area contributed by atoms with Crippen LogP contribution in [0.4, 0.5) is 0 Å². The first-order valence-corrected chi connectivity index (χ1v) is 7.88. The maximum Gasteiger partial charge on any atom is 0.134 e. The van der Waals surface area contributed by atoms with Crippen molar-refractivity contribution >= 4 is 11.0 Å². The molecule has 4 heteroatoms. The topological polar surface area (TPSA) is 58.5 Å². The minimum Gasteiger partial charge on any atom is -0.467 e. The zero-order valence-electron chi connectivity index (χ0n) is 13.7. The van der Waals surface area contributed by atoms with Crippen LogP contribution in [-0.4, -0.2) is 11.7 Å². The summed E-state index contributed by atoms with van der Waals surface area (Å²) in [5.74, 6) is 1.44. The molecule has 2 heterocycles. The highest BCUT2D eigenvalue weighted by Gasteiger charge is 2.29. The van der Waals surface area contributed by atoms with Crippen LogP contribution in [0.2, 0.25) is 0 Å². The summed E-state index contributed by atoms with van der Waals surface area (Å²) >= 11 is 0. The Hall–Kier alpha value is -2.04. The Kier molecular flexibility index (Phi) is 4.28. The van der Waals surface area contributed by atoms with E-state index in [-0.39, 0.29) is 11.5 Å². The molecule has 0 aliphatic rings. The van der Waals surface area contributed by atoms with Crippen LogP contribution in [-0.2, 0) is 0 Å². The van der Waals surface area contributed by atoms with Crippen molar-refractivity contribution in [2.45, 2.75) is 32.9 Å². The zero-order valence-corrected chi connectivity index (χ0v) is 13.7. The number of fused-ring (bicyclic) bond motifs is 1. The predicted molar refractivity (Wildman–Crippen MR) is 90.1 cm³/mol. The minimum absolute atomic E-state index is 0.0143. The Bertz CT molecular complexity index is 719. The SMILES string of the molecule is CC(C)(C)[C@H](NC[C@H](O)c1ccco1)c1cc2ccccc2o1. The van der Waals surface area contributed by atoms with Crippen molar-refractivity contribution in [3.05, 3.63) is 60.2 Å². The van der Waals surface area contributed by atoms with Gasteiger partial charge < -0.3 is 19.3 Å². The van der Waals surface area contributed by atoms with Gasteiger partial charge in [0.1, 0.15) is 23.2 Å². The number of furan rings is 2. The molecular formula is C19H23NO3. The predicted octanol–water partition coefficient (Wildman–Crippen LogP) is 4.44. The summed E-state index contributed by atoms with van der Waals surface area (Å²) in [7, 11) is 0. The van der Waals surface area contributed by atoms with Gasteiger partial charge in [0, 0.05) is 11.9 Å². The van der Waals surface area contributed by atoms with Gasteiger partial charge in [0.25, 0.3) is 0 Å². The molecule has 0 fully saturated rings. The molecule has 0 saturated heterocycles. The van der Waals surface area contributed by atoms with Crippen LogP contribution in [0.3, 0.4) is 0 Å². The molecule has 4 nitrogen and oxygen atoms in total. The molecule has 0 spiro atoms. The van der Waals surface area contributed by atoms with Gasteiger partial charge in [-0.1, -0.05) is 39.0 Å². The average Bonchev–Trinajstić information content (AvgIpc) is 3.15. The number of aliphatic hydroxyl groups is 1.